The van der Waals surface area contributed by atoms with Crippen LogP contribution >= 0.6 is 0 Å². The molecule has 0 spiro atoms. The zero-order valence-electron chi connectivity index (χ0n) is 19.2. The van der Waals surface area contributed by atoms with Crippen LogP contribution in [0.1, 0.15) is 40.4 Å². The van der Waals surface area contributed by atoms with Crippen molar-refractivity contribution in [2.45, 2.75) is 19.8 Å². The molecular weight excluding hydrogens is 463 g/mol. The predicted molar refractivity (Wildman–Crippen MR) is 136 cm³/mol. The Morgan fingerprint density at radius 1 is 1.11 bits per heavy atom. The predicted octanol–water partition coefficient (Wildman–Crippen LogP) is 4.91. The van der Waals surface area contributed by atoms with Crippen molar-refractivity contribution in [3.8, 4) is 5.75 Å². The minimum atomic E-state index is -1.11. The molecule has 0 radical (unpaired) electrons. The maximum atomic E-state index is 13.7. The monoisotopic (exact) mass is 484 g/mol. The number of halogens is 1. The first-order valence-corrected chi connectivity index (χ1v) is 11.2. The van der Waals surface area contributed by atoms with Crippen LogP contribution in [0.15, 0.2) is 70.9 Å². The fourth-order valence-electron chi connectivity index (χ4n) is 4.25. The molecule has 1 aliphatic heterocycles. The summed E-state index contributed by atoms with van der Waals surface area (Å²) in [5, 5.41) is 29.6. The lowest BCUT2D eigenvalue weighted by Gasteiger charge is -2.18. The van der Waals surface area contributed by atoms with E-state index in [0.717, 1.165) is 28.1 Å². The van der Waals surface area contributed by atoms with Gasteiger partial charge < -0.3 is 10.2 Å². The molecule has 3 aromatic rings. The van der Waals surface area contributed by atoms with Crippen molar-refractivity contribution in [2.24, 2.45) is 10.2 Å². The Morgan fingerprint density at radius 2 is 1.92 bits per heavy atom. The summed E-state index contributed by atoms with van der Waals surface area (Å²) < 4.78 is 13.7. The summed E-state index contributed by atoms with van der Waals surface area (Å²) >= 11 is 0. The van der Waals surface area contributed by atoms with Gasteiger partial charge in [-0.25, -0.2) is 9.18 Å². The second-order valence-electron chi connectivity index (χ2n) is 8.44. The van der Waals surface area contributed by atoms with E-state index in [4.69, 9.17) is 0 Å². The number of nitrogens with one attached hydrogen (secondary N) is 1. The molecule has 1 heterocycles. The highest BCUT2D eigenvalue weighted by Gasteiger charge is 2.31. The summed E-state index contributed by atoms with van der Waals surface area (Å²) in [5.74, 6) is -2.01. The molecule has 3 N–H and O–H groups in total. The van der Waals surface area contributed by atoms with Gasteiger partial charge in [-0.2, -0.15) is 15.2 Å². The molecule has 1 amide bonds. The van der Waals surface area contributed by atoms with Crippen LogP contribution in [0.2, 0.25) is 0 Å². The Hall–Kier alpha value is -4.79. The zero-order valence-corrected chi connectivity index (χ0v) is 19.2. The number of rotatable bonds is 5. The lowest BCUT2D eigenvalue weighted by atomic mass is 9.88. The van der Waals surface area contributed by atoms with Gasteiger partial charge in [0.1, 0.15) is 11.6 Å². The highest BCUT2D eigenvalue weighted by molar-refractivity contribution is 6.71. The van der Waals surface area contributed by atoms with E-state index in [1.165, 1.54) is 30.3 Å². The lowest BCUT2D eigenvalue weighted by Crippen LogP contribution is -2.28. The third-order valence-corrected chi connectivity index (χ3v) is 6.10. The number of carbonyl (C=O) groups excluding carboxylic acids is 1. The molecule has 2 aliphatic rings. The van der Waals surface area contributed by atoms with Crippen molar-refractivity contribution in [2.75, 3.05) is 10.4 Å². The van der Waals surface area contributed by atoms with Gasteiger partial charge in [-0.15, -0.1) is 0 Å². The number of carbonyl (C=O) groups is 2. The number of amides is 1. The molecule has 3 aromatic carbocycles. The summed E-state index contributed by atoms with van der Waals surface area (Å²) in [5.41, 5.74) is 7.02. The van der Waals surface area contributed by atoms with Crippen molar-refractivity contribution in [3.63, 3.8) is 0 Å². The molecule has 5 rings (SSSR count). The molecule has 0 saturated heterocycles. The summed E-state index contributed by atoms with van der Waals surface area (Å²) in [6.07, 6.45) is 3.27. The van der Waals surface area contributed by atoms with Gasteiger partial charge in [0.05, 0.1) is 22.6 Å². The number of allylic oxidation sites excluding steroid dienone is 1. The molecule has 1 aliphatic carbocycles. The molecule has 0 fully saturated rings. The standard InChI is InChI=1S/C27H21FN4O4/c1-15-24(26(34)32(31-15)21-5-2-4-18(14-21)27(35)36)30-29-23-7-3-6-22(25(23)33)17-9-8-16-10-11-20(28)13-19(16)12-17/h2-7,10-14,29,33H,8-9H2,1H3,(H,35,36)/b30-24-. The Labute approximate surface area is 205 Å². The number of fused-ring (bicyclic) bond motifs is 1. The molecule has 0 aromatic heterocycles. The largest absolute Gasteiger partial charge is 0.505 e. The molecule has 9 heteroatoms. The quantitative estimate of drug-likeness (QED) is 0.352. The number of phenolic OH excluding ortho intramolecular Hbond substituents is 1. The molecule has 0 unspecified atom stereocenters. The summed E-state index contributed by atoms with van der Waals surface area (Å²) in [7, 11) is 0. The van der Waals surface area contributed by atoms with E-state index in [9.17, 15) is 24.2 Å². The average molecular weight is 484 g/mol. The van der Waals surface area contributed by atoms with E-state index in [-0.39, 0.29) is 28.5 Å². The SMILES string of the molecule is CC1=NN(c2cccc(C(=O)O)c2)C(=O)/C1=N\Nc1cccc(C2=Cc3cc(F)ccc3CC2)c1O. The van der Waals surface area contributed by atoms with Gasteiger partial charge in [-0.3, -0.25) is 10.2 Å². The molecular formula is C27H21FN4O4. The summed E-state index contributed by atoms with van der Waals surface area (Å²) in [4.78, 5) is 24.2. The van der Waals surface area contributed by atoms with Crippen LogP contribution in [0.4, 0.5) is 15.8 Å². The first-order valence-electron chi connectivity index (χ1n) is 11.2. The third-order valence-electron chi connectivity index (χ3n) is 6.10. The number of hydrogen-bond acceptors (Lipinski definition) is 6. The third kappa shape index (κ3) is 4.22. The Balaban J connectivity index is 1.40. The zero-order chi connectivity index (χ0) is 25.4. The fourth-order valence-corrected chi connectivity index (χ4v) is 4.25. The number of aromatic carboxylic acids is 1. The maximum absolute atomic E-state index is 13.7. The Bertz CT molecular complexity index is 1510. The maximum Gasteiger partial charge on any atom is 0.335 e. The molecule has 180 valence electrons. The van der Waals surface area contributed by atoms with Crippen LogP contribution in [-0.4, -0.2) is 33.5 Å². The van der Waals surface area contributed by atoms with E-state index >= 15 is 0 Å². The van der Waals surface area contributed by atoms with E-state index in [2.05, 4.69) is 15.6 Å². The van der Waals surface area contributed by atoms with Gasteiger partial charge in [-0.05, 0) is 72.9 Å². The van der Waals surface area contributed by atoms with Crippen LogP contribution in [0.3, 0.4) is 0 Å². The fraction of sp³-hybridized carbons (Fsp3) is 0.111. The summed E-state index contributed by atoms with van der Waals surface area (Å²) in [6.45, 7) is 1.61. The molecule has 0 atom stereocenters. The highest BCUT2D eigenvalue weighted by atomic mass is 19.1. The Kier molecular flexibility index (Phi) is 5.81. The highest BCUT2D eigenvalue weighted by Crippen LogP contribution is 2.38. The normalized spacial score (nSPS) is 16.0. The van der Waals surface area contributed by atoms with Crippen molar-refractivity contribution in [1.82, 2.24) is 0 Å². The number of anilines is 2. The first-order chi connectivity index (χ1) is 17.3. The number of phenols is 1. The molecule has 36 heavy (non-hydrogen) atoms. The number of hydrogen-bond donors (Lipinski definition) is 3. The minimum absolute atomic E-state index is 0.0285. The van der Waals surface area contributed by atoms with E-state index < -0.39 is 11.9 Å². The number of aromatic hydroxyl groups is 1. The minimum Gasteiger partial charge on any atom is -0.505 e. The van der Waals surface area contributed by atoms with E-state index in [1.54, 1.807) is 37.3 Å². The molecule has 8 nitrogen and oxygen atoms in total. The van der Waals surface area contributed by atoms with E-state index in [1.807, 2.05) is 6.08 Å². The number of benzene rings is 3. The van der Waals surface area contributed by atoms with Gasteiger partial charge in [0.15, 0.2) is 5.71 Å². The summed E-state index contributed by atoms with van der Waals surface area (Å²) in [6, 6.07) is 15.7. The van der Waals surface area contributed by atoms with Gasteiger partial charge in [-0.1, -0.05) is 30.3 Å². The molecule has 0 bridgehead atoms. The van der Waals surface area contributed by atoms with E-state index in [0.29, 0.717) is 23.4 Å². The average Bonchev–Trinajstić information content (AvgIpc) is 3.16. The number of para-hydroxylation sites is 1. The Morgan fingerprint density at radius 3 is 2.72 bits per heavy atom. The second kappa shape index (κ2) is 9.10. The van der Waals surface area contributed by atoms with Gasteiger partial charge >= 0.3 is 11.9 Å². The number of aryl methyl sites for hydroxylation is 1. The van der Waals surface area contributed by atoms with Crippen molar-refractivity contribution < 1.29 is 24.2 Å². The van der Waals surface area contributed by atoms with Crippen LogP contribution in [0.25, 0.3) is 11.6 Å². The van der Waals surface area contributed by atoms with Crippen LogP contribution in [-0.2, 0) is 11.2 Å². The smallest absolute Gasteiger partial charge is 0.335 e. The first kappa shape index (κ1) is 23.0. The number of carboxylic acids is 1. The number of nitrogens with zero attached hydrogens (tertiary/aromatic N) is 3. The topological polar surface area (TPSA) is 115 Å². The van der Waals surface area contributed by atoms with Crippen LogP contribution in [0.5, 0.6) is 5.75 Å². The van der Waals surface area contributed by atoms with Gasteiger partial charge in [0.2, 0.25) is 0 Å². The van der Waals surface area contributed by atoms with Gasteiger partial charge in [0.25, 0.3) is 0 Å². The van der Waals surface area contributed by atoms with Crippen LogP contribution in [0, 0.1) is 5.82 Å². The number of hydrazone groups is 2. The van der Waals surface area contributed by atoms with Crippen LogP contribution < -0.4 is 10.4 Å². The second-order valence-corrected chi connectivity index (χ2v) is 8.44. The van der Waals surface area contributed by atoms with Crippen molar-refractivity contribution in [1.29, 1.82) is 0 Å². The molecule has 0 saturated carbocycles. The van der Waals surface area contributed by atoms with Crippen molar-refractivity contribution in [3.05, 3.63) is 88.7 Å². The lowest BCUT2D eigenvalue weighted by molar-refractivity contribution is -0.112. The van der Waals surface area contributed by atoms with Gasteiger partial charge in [0, 0.05) is 5.56 Å². The number of carboxylic acid groups (broad SMARTS) is 1. The van der Waals surface area contributed by atoms with Crippen molar-refractivity contribution >= 4 is 46.3 Å².